The van der Waals surface area contributed by atoms with Crippen LogP contribution in [0.15, 0.2) is 29.8 Å². The SMILES string of the molecule is Cc1[nH]c(C)c(/C(O)=C2\C(=O)C(=O)N(CCN3CCCCC3)C2c2ccc([N+](=O)[O-])cc2)c1C. The van der Waals surface area contributed by atoms with E-state index < -0.39 is 22.7 Å². The highest BCUT2D eigenvalue weighted by atomic mass is 16.6. The van der Waals surface area contributed by atoms with Gasteiger partial charge in [-0.2, -0.15) is 0 Å². The molecule has 1 aromatic carbocycles. The molecular weight excluding hydrogens is 436 g/mol. The van der Waals surface area contributed by atoms with Gasteiger partial charge in [0.2, 0.25) is 0 Å². The number of H-pyrrole nitrogens is 1. The zero-order chi connectivity index (χ0) is 24.6. The van der Waals surface area contributed by atoms with Crippen LogP contribution in [-0.2, 0) is 9.59 Å². The van der Waals surface area contributed by atoms with Gasteiger partial charge in [-0.3, -0.25) is 19.7 Å². The molecule has 34 heavy (non-hydrogen) atoms. The number of carbonyl (C=O) groups is 2. The minimum atomic E-state index is -0.820. The van der Waals surface area contributed by atoms with Crippen molar-refractivity contribution < 1.29 is 19.6 Å². The van der Waals surface area contributed by atoms with Crippen molar-refractivity contribution in [3.8, 4) is 0 Å². The number of non-ortho nitro benzene ring substituents is 1. The van der Waals surface area contributed by atoms with Crippen LogP contribution in [0.4, 0.5) is 5.69 Å². The normalized spacial score (nSPS) is 20.8. The molecule has 2 aliphatic rings. The third-order valence-electron chi connectivity index (χ3n) is 6.99. The fourth-order valence-corrected chi connectivity index (χ4v) is 5.06. The number of ketones is 1. The minimum Gasteiger partial charge on any atom is -0.507 e. The van der Waals surface area contributed by atoms with E-state index in [0.29, 0.717) is 29.9 Å². The number of carbonyl (C=O) groups excluding carboxylic acids is 2. The first-order chi connectivity index (χ1) is 16.2. The van der Waals surface area contributed by atoms with Gasteiger partial charge in [-0.05, 0) is 70.0 Å². The molecular formula is C25H30N4O5. The number of Topliss-reactive ketones (excluding diaryl/α,β-unsaturated/α-hetero) is 1. The molecule has 0 spiro atoms. The lowest BCUT2D eigenvalue weighted by Gasteiger charge is -2.31. The summed E-state index contributed by atoms with van der Waals surface area (Å²) in [5.74, 6) is -1.62. The third-order valence-corrected chi connectivity index (χ3v) is 6.99. The lowest BCUT2D eigenvalue weighted by Crippen LogP contribution is -2.39. The maximum atomic E-state index is 13.2. The molecule has 1 aromatic heterocycles. The van der Waals surface area contributed by atoms with Crippen LogP contribution in [0.5, 0.6) is 0 Å². The van der Waals surface area contributed by atoms with Gasteiger partial charge in [-0.15, -0.1) is 0 Å². The Morgan fingerprint density at radius 1 is 1.06 bits per heavy atom. The van der Waals surface area contributed by atoms with Crippen molar-refractivity contribution in [3.63, 3.8) is 0 Å². The van der Waals surface area contributed by atoms with E-state index in [9.17, 15) is 24.8 Å². The highest BCUT2D eigenvalue weighted by Crippen LogP contribution is 2.41. The number of nitro benzene ring substituents is 1. The van der Waals surface area contributed by atoms with Crippen molar-refractivity contribution in [3.05, 3.63) is 68.0 Å². The maximum absolute atomic E-state index is 13.2. The molecule has 1 atom stereocenters. The lowest BCUT2D eigenvalue weighted by molar-refractivity contribution is -0.384. The summed E-state index contributed by atoms with van der Waals surface area (Å²) in [5, 5.41) is 22.5. The number of nitro groups is 1. The summed E-state index contributed by atoms with van der Waals surface area (Å²) in [4.78, 5) is 44.0. The van der Waals surface area contributed by atoms with E-state index in [1.807, 2.05) is 20.8 Å². The number of benzene rings is 1. The average molecular weight is 467 g/mol. The summed E-state index contributed by atoms with van der Waals surface area (Å²) in [6.45, 7) is 8.39. The second kappa shape index (κ2) is 9.42. The summed E-state index contributed by atoms with van der Waals surface area (Å²) in [6, 6.07) is 5.00. The first-order valence-corrected chi connectivity index (χ1v) is 11.6. The third kappa shape index (κ3) is 4.23. The molecule has 9 heteroatoms. The van der Waals surface area contributed by atoms with Crippen LogP contribution in [0.2, 0.25) is 0 Å². The molecule has 180 valence electrons. The minimum absolute atomic E-state index is 0.0164. The topological polar surface area (TPSA) is 120 Å². The van der Waals surface area contributed by atoms with Crippen molar-refractivity contribution in [2.45, 2.75) is 46.1 Å². The van der Waals surface area contributed by atoms with E-state index in [1.54, 1.807) is 12.1 Å². The number of hydrogen-bond donors (Lipinski definition) is 2. The van der Waals surface area contributed by atoms with E-state index in [4.69, 9.17) is 0 Å². The summed E-state index contributed by atoms with van der Waals surface area (Å²) < 4.78 is 0. The lowest BCUT2D eigenvalue weighted by atomic mass is 9.94. The zero-order valence-electron chi connectivity index (χ0n) is 19.8. The van der Waals surface area contributed by atoms with Gasteiger partial charge in [0.1, 0.15) is 5.76 Å². The van der Waals surface area contributed by atoms with Gasteiger partial charge in [0.05, 0.1) is 16.5 Å². The number of piperidine rings is 1. The Morgan fingerprint density at radius 2 is 1.71 bits per heavy atom. The van der Waals surface area contributed by atoms with E-state index in [2.05, 4.69) is 9.88 Å². The smallest absolute Gasteiger partial charge is 0.295 e. The molecule has 0 aliphatic carbocycles. The molecule has 2 saturated heterocycles. The van der Waals surface area contributed by atoms with Gasteiger partial charge < -0.3 is 19.9 Å². The fraction of sp³-hybridized carbons (Fsp3) is 0.440. The van der Waals surface area contributed by atoms with Crippen LogP contribution >= 0.6 is 0 Å². The number of likely N-dealkylation sites (tertiary alicyclic amines) is 2. The van der Waals surface area contributed by atoms with Crippen molar-refractivity contribution in [2.75, 3.05) is 26.2 Å². The Morgan fingerprint density at radius 3 is 2.26 bits per heavy atom. The molecule has 3 heterocycles. The second-order valence-electron chi connectivity index (χ2n) is 9.12. The highest BCUT2D eigenvalue weighted by Gasteiger charge is 2.46. The van der Waals surface area contributed by atoms with Crippen molar-refractivity contribution in [1.29, 1.82) is 0 Å². The Labute approximate surface area is 198 Å². The van der Waals surface area contributed by atoms with Gasteiger partial charge >= 0.3 is 0 Å². The Bertz CT molecular complexity index is 1160. The van der Waals surface area contributed by atoms with Crippen LogP contribution in [0.1, 0.15) is 53.4 Å². The first-order valence-electron chi connectivity index (χ1n) is 11.6. The van der Waals surface area contributed by atoms with Crippen LogP contribution < -0.4 is 0 Å². The van der Waals surface area contributed by atoms with Crippen molar-refractivity contribution in [1.82, 2.24) is 14.8 Å². The number of aromatic amines is 1. The number of aromatic nitrogens is 1. The van der Waals surface area contributed by atoms with E-state index in [-0.39, 0.29) is 17.0 Å². The first kappa shape index (κ1) is 23.7. The predicted molar refractivity (Wildman–Crippen MR) is 127 cm³/mol. The molecule has 0 radical (unpaired) electrons. The summed E-state index contributed by atoms with van der Waals surface area (Å²) in [6.07, 6.45) is 3.41. The molecule has 2 aliphatic heterocycles. The zero-order valence-corrected chi connectivity index (χ0v) is 19.8. The molecule has 1 unspecified atom stereocenters. The van der Waals surface area contributed by atoms with Gasteiger partial charge in [-0.1, -0.05) is 6.42 Å². The van der Waals surface area contributed by atoms with Crippen LogP contribution in [0.25, 0.3) is 5.76 Å². The highest BCUT2D eigenvalue weighted by molar-refractivity contribution is 6.46. The molecule has 2 fully saturated rings. The molecule has 2 aromatic rings. The second-order valence-corrected chi connectivity index (χ2v) is 9.12. The van der Waals surface area contributed by atoms with Crippen molar-refractivity contribution >= 4 is 23.1 Å². The quantitative estimate of drug-likeness (QED) is 0.220. The molecule has 0 saturated carbocycles. The van der Waals surface area contributed by atoms with Gasteiger partial charge in [-0.25, -0.2) is 0 Å². The number of nitrogens with one attached hydrogen (secondary N) is 1. The monoisotopic (exact) mass is 466 g/mol. The van der Waals surface area contributed by atoms with E-state index in [1.165, 1.54) is 23.5 Å². The summed E-state index contributed by atoms with van der Waals surface area (Å²) in [7, 11) is 0. The molecule has 0 bridgehead atoms. The van der Waals surface area contributed by atoms with Gasteiger partial charge in [0, 0.05) is 42.2 Å². The molecule has 2 N–H and O–H groups in total. The Kier molecular flexibility index (Phi) is 6.56. The fourth-order valence-electron chi connectivity index (χ4n) is 5.06. The molecule has 1 amide bonds. The Balaban J connectivity index is 1.79. The standard InChI is InChI=1S/C25H30N4O5/c1-15-16(2)26-17(3)20(15)23(30)21-22(18-7-9-19(10-8-18)29(33)34)28(25(32)24(21)31)14-13-27-11-5-4-6-12-27/h7-10,22,26,30H,4-6,11-14H2,1-3H3/b23-21+. The summed E-state index contributed by atoms with van der Waals surface area (Å²) in [5.41, 5.74) is 3.37. The van der Waals surface area contributed by atoms with Gasteiger partial charge in [0.25, 0.3) is 17.4 Å². The number of aliphatic hydroxyl groups is 1. The van der Waals surface area contributed by atoms with Crippen LogP contribution in [-0.4, -0.2) is 62.7 Å². The van der Waals surface area contributed by atoms with E-state index >= 15 is 0 Å². The average Bonchev–Trinajstić information content (AvgIpc) is 3.23. The number of rotatable bonds is 6. The maximum Gasteiger partial charge on any atom is 0.295 e. The number of aliphatic hydroxyl groups excluding tert-OH is 1. The van der Waals surface area contributed by atoms with Crippen molar-refractivity contribution in [2.24, 2.45) is 0 Å². The molecule has 9 nitrogen and oxygen atoms in total. The predicted octanol–water partition coefficient (Wildman–Crippen LogP) is 3.76. The number of aryl methyl sites for hydroxylation is 2. The number of hydrogen-bond acceptors (Lipinski definition) is 6. The number of nitrogens with zero attached hydrogens (tertiary/aromatic N) is 3. The van der Waals surface area contributed by atoms with Gasteiger partial charge in [0.15, 0.2) is 0 Å². The largest absolute Gasteiger partial charge is 0.507 e. The van der Waals surface area contributed by atoms with Crippen LogP contribution in [0.3, 0.4) is 0 Å². The molecule has 4 rings (SSSR count). The van der Waals surface area contributed by atoms with E-state index in [0.717, 1.165) is 37.2 Å². The summed E-state index contributed by atoms with van der Waals surface area (Å²) >= 11 is 0. The van der Waals surface area contributed by atoms with Crippen LogP contribution in [0, 0.1) is 30.9 Å². The number of amides is 1. The Hall–Kier alpha value is -3.46.